The number of likely N-dealkylation sites (N-methyl/N-ethyl adjacent to an activating group) is 1. The van der Waals surface area contributed by atoms with Gasteiger partial charge in [-0.05, 0) is 12.1 Å². The van der Waals surface area contributed by atoms with Gasteiger partial charge in [0, 0.05) is 26.3 Å². The number of nitrogens with zero attached hydrogens (tertiary/aromatic N) is 3. The van der Waals surface area contributed by atoms with Gasteiger partial charge in [0.2, 0.25) is 5.91 Å². The molecule has 1 aromatic rings. The zero-order valence-electron chi connectivity index (χ0n) is 9.51. The number of hydrogen-bond donors (Lipinski definition) is 1. The molecule has 1 fully saturated rings. The van der Waals surface area contributed by atoms with Crippen LogP contribution in [-0.4, -0.2) is 53.7 Å². The maximum atomic E-state index is 11.7. The first kappa shape index (κ1) is 12.1. The molecule has 17 heavy (non-hydrogen) atoms. The molecule has 1 aliphatic rings. The summed E-state index contributed by atoms with van der Waals surface area (Å²) >= 11 is 5.74. The van der Waals surface area contributed by atoms with E-state index < -0.39 is 0 Å². The SMILES string of the molecule is CN(CC(=O)N1CC(O)C1)c1ccc(Cl)cn1. The van der Waals surface area contributed by atoms with Crippen LogP contribution in [0.25, 0.3) is 0 Å². The monoisotopic (exact) mass is 255 g/mol. The fourth-order valence-corrected chi connectivity index (χ4v) is 1.75. The van der Waals surface area contributed by atoms with Crippen LogP contribution in [0.4, 0.5) is 5.82 Å². The number of carbonyl (C=O) groups is 1. The lowest BCUT2D eigenvalue weighted by atomic mass is 10.1. The largest absolute Gasteiger partial charge is 0.389 e. The maximum absolute atomic E-state index is 11.7. The van der Waals surface area contributed by atoms with Crippen LogP contribution in [0.1, 0.15) is 0 Å². The van der Waals surface area contributed by atoms with Crippen molar-refractivity contribution in [2.45, 2.75) is 6.10 Å². The highest BCUT2D eigenvalue weighted by molar-refractivity contribution is 6.30. The zero-order chi connectivity index (χ0) is 12.4. The third kappa shape index (κ3) is 2.87. The highest BCUT2D eigenvalue weighted by atomic mass is 35.5. The van der Waals surface area contributed by atoms with Gasteiger partial charge >= 0.3 is 0 Å². The van der Waals surface area contributed by atoms with E-state index in [1.54, 1.807) is 35.2 Å². The predicted octanol–water partition coefficient (Wildman–Crippen LogP) is 0.374. The van der Waals surface area contributed by atoms with Crippen LogP contribution in [0.2, 0.25) is 5.02 Å². The molecule has 2 heterocycles. The fraction of sp³-hybridized carbons (Fsp3) is 0.455. The summed E-state index contributed by atoms with van der Waals surface area (Å²) in [5.74, 6) is 0.693. The molecule has 0 unspecified atom stereocenters. The van der Waals surface area contributed by atoms with Gasteiger partial charge < -0.3 is 14.9 Å². The van der Waals surface area contributed by atoms with Crippen LogP contribution in [0.15, 0.2) is 18.3 Å². The summed E-state index contributed by atoms with van der Waals surface area (Å²) in [6.45, 7) is 1.11. The molecule has 1 N–H and O–H groups in total. The van der Waals surface area contributed by atoms with Crippen LogP contribution < -0.4 is 4.90 Å². The molecule has 2 rings (SSSR count). The molecule has 0 saturated carbocycles. The number of β-amino-alcohol motifs (C(OH)–C–C–N with tert-alkyl or cyclic N) is 1. The van der Waals surface area contributed by atoms with E-state index in [1.165, 1.54) is 0 Å². The van der Waals surface area contributed by atoms with Gasteiger partial charge in [0.1, 0.15) is 5.82 Å². The lowest BCUT2D eigenvalue weighted by Gasteiger charge is -2.36. The van der Waals surface area contributed by atoms with Gasteiger partial charge in [0.15, 0.2) is 0 Å². The Morgan fingerprint density at radius 2 is 2.35 bits per heavy atom. The number of likely N-dealkylation sites (tertiary alicyclic amines) is 1. The third-order valence-electron chi connectivity index (χ3n) is 2.69. The Morgan fingerprint density at radius 1 is 1.65 bits per heavy atom. The molecule has 1 aliphatic heterocycles. The Kier molecular flexibility index (Phi) is 3.49. The molecule has 0 radical (unpaired) electrons. The average Bonchev–Trinajstić information content (AvgIpc) is 2.25. The molecule has 1 saturated heterocycles. The number of carbonyl (C=O) groups excluding carboxylic acids is 1. The summed E-state index contributed by atoms with van der Waals surface area (Å²) in [4.78, 5) is 19.2. The second kappa shape index (κ2) is 4.89. The van der Waals surface area contributed by atoms with Crippen LogP contribution in [0.5, 0.6) is 0 Å². The molecular formula is C11H14ClN3O2. The van der Waals surface area contributed by atoms with Gasteiger partial charge in [-0.15, -0.1) is 0 Å². The second-order valence-electron chi connectivity index (χ2n) is 4.14. The Labute approximate surface area is 105 Å². The molecular weight excluding hydrogens is 242 g/mol. The van der Waals surface area contributed by atoms with E-state index in [-0.39, 0.29) is 18.6 Å². The molecule has 0 bridgehead atoms. The molecule has 1 amide bonds. The first-order valence-corrected chi connectivity index (χ1v) is 5.72. The number of pyridine rings is 1. The van der Waals surface area contributed by atoms with Crippen molar-refractivity contribution in [3.63, 3.8) is 0 Å². The van der Waals surface area contributed by atoms with Crippen molar-refractivity contribution in [1.82, 2.24) is 9.88 Å². The van der Waals surface area contributed by atoms with Crippen LogP contribution in [-0.2, 0) is 4.79 Å². The minimum atomic E-state index is -0.363. The van der Waals surface area contributed by atoms with Gasteiger partial charge in [-0.2, -0.15) is 0 Å². The van der Waals surface area contributed by atoms with Gasteiger partial charge in [-0.1, -0.05) is 11.6 Å². The van der Waals surface area contributed by atoms with Crippen molar-refractivity contribution in [2.75, 3.05) is 31.6 Å². The molecule has 92 valence electrons. The number of amides is 1. The smallest absolute Gasteiger partial charge is 0.242 e. The maximum Gasteiger partial charge on any atom is 0.242 e. The number of hydrogen-bond acceptors (Lipinski definition) is 4. The molecule has 0 aromatic carbocycles. The lowest BCUT2D eigenvalue weighted by molar-refractivity contribution is -0.139. The molecule has 1 aromatic heterocycles. The van der Waals surface area contributed by atoms with Crippen molar-refractivity contribution >= 4 is 23.3 Å². The fourth-order valence-electron chi connectivity index (χ4n) is 1.64. The first-order chi connectivity index (χ1) is 8.06. The highest BCUT2D eigenvalue weighted by Crippen LogP contribution is 2.14. The van der Waals surface area contributed by atoms with Crippen molar-refractivity contribution in [2.24, 2.45) is 0 Å². The summed E-state index contributed by atoms with van der Waals surface area (Å²) in [5.41, 5.74) is 0. The van der Waals surface area contributed by atoms with E-state index in [4.69, 9.17) is 16.7 Å². The molecule has 5 nitrogen and oxygen atoms in total. The highest BCUT2D eigenvalue weighted by Gasteiger charge is 2.29. The minimum absolute atomic E-state index is 0.00505. The standard InChI is InChI=1S/C11H14ClN3O2/c1-14(10-3-2-8(12)4-13-10)7-11(17)15-5-9(16)6-15/h2-4,9,16H,5-7H2,1H3. The molecule has 6 heteroatoms. The molecule has 0 aliphatic carbocycles. The number of aliphatic hydroxyl groups is 1. The van der Waals surface area contributed by atoms with E-state index in [9.17, 15) is 4.79 Å². The van der Waals surface area contributed by atoms with E-state index >= 15 is 0 Å². The lowest BCUT2D eigenvalue weighted by Crippen LogP contribution is -2.55. The van der Waals surface area contributed by atoms with Crippen LogP contribution in [0, 0.1) is 0 Å². The van der Waals surface area contributed by atoms with E-state index in [1.807, 2.05) is 0 Å². The minimum Gasteiger partial charge on any atom is -0.389 e. The van der Waals surface area contributed by atoms with Gasteiger partial charge in [0.05, 0.1) is 17.7 Å². The Bertz CT molecular complexity index is 404. The quantitative estimate of drug-likeness (QED) is 0.848. The number of aliphatic hydroxyl groups excluding tert-OH is 1. The van der Waals surface area contributed by atoms with Gasteiger partial charge in [0.25, 0.3) is 0 Å². The Hall–Kier alpha value is -1.33. The summed E-state index contributed by atoms with van der Waals surface area (Å²) in [7, 11) is 1.80. The summed E-state index contributed by atoms with van der Waals surface area (Å²) in [6, 6.07) is 3.50. The van der Waals surface area contributed by atoms with Gasteiger partial charge in [-0.3, -0.25) is 4.79 Å². The topological polar surface area (TPSA) is 56.7 Å². The van der Waals surface area contributed by atoms with E-state index in [2.05, 4.69) is 4.98 Å². The average molecular weight is 256 g/mol. The van der Waals surface area contributed by atoms with Crippen molar-refractivity contribution in [3.8, 4) is 0 Å². The van der Waals surface area contributed by atoms with Crippen molar-refractivity contribution < 1.29 is 9.90 Å². The number of halogens is 1. The van der Waals surface area contributed by atoms with E-state index in [0.29, 0.717) is 23.9 Å². The third-order valence-corrected chi connectivity index (χ3v) is 2.91. The van der Waals surface area contributed by atoms with Crippen molar-refractivity contribution in [3.05, 3.63) is 23.4 Å². The van der Waals surface area contributed by atoms with Crippen LogP contribution >= 0.6 is 11.6 Å². The molecule has 0 atom stereocenters. The van der Waals surface area contributed by atoms with Crippen molar-refractivity contribution in [1.29, 1.82) is 0 Å². The predicted molar refractivity (Wildman–Crippen MR) is 65.1 cm³/mol. The normalized spacial score (nSPS) is 15.6. The number of aromatic nitrogens is 1. The summed E-state index contributed by atoms with van der Waals surface area (Å²) in [6.07, 6.45) is 1.18. The number of anilines is 1. The second-order valence-corrected chi connectivity index (χ2v) is 4.58. The van der Waals surface area contributed by atoms with E-state index in [0.717, 1.165) is 0 Å². The van der Waals surface area contributed by atoms with Crippen LogP contribution in [0.3, 0.4) is 0 Å². The van der Waals surface area contributed by atoms with Gasteiger partial charge in [-0.25, -0.2) is 4.98 Å². The Balaban J connectivity index is 1.90. The molecule has 0 spiro atoms. The summed E-state index contributed by atoms with van der Waals surface area (Å²) < 4.78 is 0. The zero-order valence-corrected chi connectivity index (χ0v) is 10.3. The summed E-state index contributed by atoms with van der Waals surface area (Å²) in [5, 5.41) is 9.68. The Morgan fingerprint density at radius 3 is 2.88 bits per heavy atom. The number of rotatable bonds is 3. The first-order valence-electron chi connectivity index (χ1n) is 5.35.